The lowest BCUT2D eigenvalue weighted by molar-refractivity contribution is -0.141. The van der Waals surface area contributed by atoms with Gasteiger partial charge in [0.2, 0.25) is 0 Å². The molecular weight excluding hydrogens is 410 g/mol. The fourth-order valence-corrected chi connectivity index (χ4v) is 3.99. The molecule has 2 aromatic carbocycles. The number of fused-ring (bicyclic) bond motifs is 1. The summed E-state index contributed by atoms with van der Waals surface area (Å²) < 4.78 is 6.41. The Balaban J connectivity index is 1.64. The van der Waals surface area contributed by atoms with Gasteiger partial charge >= 0.3 is 5.97 Å². The van der Waals surface area contributed by atoms with E-state index in [2.05, 4.69) is 10.3 Å². The van der Waals surface area contributed by atoms with Gasteiger partial charge in [-0.3, -0.25) is 14.9 Å². The van der Waals surface area contributed by atoms with Crippen LogP contribution in [-0.2, 0) is 16.1 Å². The van der Waals surface area contributed by atoms with Crippen molar-refractivity contribution in [2.24, 2.45) is 0 Å². The number of hydrogen-bond donors (Lipinski definition) is 1. The molecule has 0 aliphatic rings. The predicted octanol–water partition coefficient (Wildman–Crippen LogP) is 4.84. The summed E-state index contributed by atoms with van der Waals surface area (Å²) in [5, 5.41) is 6.54. The van der Waals surface area contributed by atoms with E-state index >= 15 is 0 Å². The van der Waals surface area contributed by atoms with Crippen molar-refractivity contribution in [1.82, 2.24) is 9.55 Å². The van der Waals surface area contributed by atoms with E-state index in [-0.39, 0.29) is 12.5 Å². The summed E-state index contributed by atoms with van der Waals surface area (Å²) in [6, 6.07) is 16.6. The predicted molar refractivity (Wildman–Crippen MR) is 114 cm³/mol. The second-order valence-electron chi connectivity index (χ2n) is 6.22. The van der Waals surface area contributed by atoms with Gasteiger partial charge in [0.1, 0.15) is 12.2 Å². The zero-order valence-corrected chi connectivity index (χ0v) is 17.0. The maximum absolute atomic E-state index is 12.9. The molecule has 0 spiro atoms. The molecule has 0 bridgehead atoms. The first-order valence-electron chi connectivity index (χ1n) is 8.73. The molecule has 4 aromatic rings. The topological polar surface area (TPSA) is 73.2 Å². The smallest absolute Gasteiger partial charge is 0.325 e. The van der Waals surface area contributed by atoms with Gasteiger partial charge in [-0.2, -0.15) is 0 Å². The Hall–Kier alpha value is -3.16. The molecule has 8 heteroatoms. The summed E-state index contributed by atoms with van der Waals surface area (Å²) in [5.74, 6) is -0.791. The van der Waals surface area contributed by atoms with E-state index < -0.39 is 5.97 Å². The van der Waals surface area contributed by atoms with Gasteiger partial charge in [0.15, 0.2) is 5.13 Å². The zero-order chi connectivity index (χ0) is 20.4. The highest BCUT2D eigenvalue weighted by molar-refractivity contribution is 7.14. The van der Waals surface area contributed by atoms with Crippen LogP contribution in [0.1, 0.15) is 10.5 Å². The number of amides is 1. The first-order chi connectivity index (χ1) is 14.1. The van der Waals surface area contributed by atoms with Gasteiger partial charge in [0, 0.05) is 26.9 Å². The van der Waals surface area contributed by atoms with Crippen molar-refractivity contribution in [2.45, 2.75) is 6.54 Å². The Morgan fingerprint density at radius 3 is 2.72 bits per heavy atom. The van der Waals surface area contributed by atoms with Crippen LogP contribution in [-0.4, -0.2) is 28.5 Å². The SMILES string of the molecule is COC(=O)Cn1c(C(=O)Nc2nc(-c3ccccc3Cl)cs2)cc2ccccc21. The van der Waals surface area contributed by atoms with Crippen molar-refractivity contribution in [3.63, 3.8) is 0 Å². The Kier molecular flexibility index (Phi) is 5.33. The normalized spacial score (nSPS) is 10.8. The molecule has 0 fully saturated rings. The maximum Gasteiger partial charge on any atom is 0.325 e. The van der Waals surface area contributed by atoms with E-state index in [1.165, 1.54) is 18.4 Å². The van der Waals surface area contributed by atoms with E-state index in [0.717, 1.165) is 16.5 Å². The number of thiazole rings is 1. The van der Waals surface area contributed by atoms with Crippen molar-refractivity contribution in [1.29, 1.82) is 0 Å². The van der Waals surface area contributed by atoms with Crippen molar-refractivity contribution in [3.05, 3.63) is 70.7 Å². The average Bonchev–Trinajstić information content (AvgIpc) is 3.33. The largest absolute Gasteiger partial charge is 0.468 e. The molecule has 2 aromatic heterocycles. The van der Waals surface area contributed by atoms with Crippen LogP contribution in [0.4, 0.5) is 5.13 Å². The number of hydrogen-bond acceptors (Lipinski definition) is 5. The van der Waals surface area contributed by atoms with Crippen molar-refractivity contribution < 1.29 is 14.3 Å². The van der Waals surface area contributed by atoms with Crippen LogP contribution in [0, 0.1) is 0 Å². The number of benzene rings is 2. The number of aromatic nitrogens is 2. The summed E-state index contributed by atoms with van der Waals surface area (Å²) in [6.07, 6.45) is 0. The number of ether oxygens (including phenoxy) is 1. The third-order valence-electron chi connectivity index (χ3n) is 4.43. The fraction of sp³-hybridized carbons (Fsp3) is 0.0952. The fourth-order valence-electron chi connectivity index (χ4n) is 3.05. The molecule has 29 heavy (non-hydrogen) atoms. The number of carbonyl (C=O) groups is 2. The van der Waals surface area contributed by atoms with Crippen LogP contribution in [0.15, 0.2) is 60.0 Å². The van der Waals surface area contributed by atoms with Crippen LogP contribution in [0.25, 0.3) is 22.2 Å². The molecule has 0 aliphatic carbocycles. The van der Waals surface area contributed by atoms with E-state index in [4.69, 9.17) is 16.3 Å². The summed E-state index contributed by atoms with van der Waals surface area (Å²) in [5.41, 5.74) is 2.61. The molecule has 6 nitrogen and oxygen atoms in total. The average molecular weight is 426 g/mol. The van der Waals surface area contributed by atoms with Crippen molar-refractivity contribution in [3.8, 4) is 11.3 Å². The molecular formula is C21H16ClN3O3S. The van der Waals surface area contributed by atoms with Gasteiger partial charge in [-0.25, -0.2) is 4.98 Å². The molecule has 1 amide bonds. The standard InChI is InChI=1S/C21H16ClN3O3S/c1-28-19(26)11-25-17-9-5-2-6-13(17)10-18(25)20(27)24-21-23-16(12-29-21)14-7-3-4-8-15(14)22/h2-10,12H,11H2,1H3,(H,23,24,27). The number of methoxy groups -OCH3 is 1. The van der Waals surface area contributed by atoms with E-state index in [9.17, 15) is 9.59 Å². The molecule has 2 heterocycles. The lowest BCUT2D eigenvalue weighted by Crippen LogP contribution is -2.20. The summed E-state index contributed by atoms with van der Waals surface area (Å²) >= 11 is 7.53. The van der Waals surface area contributed by atoms with E-state index in [1.807, 2.05) is 47.8 Å². The molecule has 0 radical (unpaired) electrons. The second kappa shape index (κ2) is 8.06. The number of rotatable bonds is 5. The van der Waals surface area contributed by atoms with Crippen molar-refractivity contribution in [2.75, 3.05) is 12.4 Å². The Morgan fingerprint density at radius 2 is 1.93 bits per heavy atom. The Morgan fingerprint density at radius 1 is 1.17 bits per heavy atom. The molecule has 0 atom stereocenters. The van der Waals surface area contributed by atoms with Gasteiger partial charge < -0.3 is 9.30 Å². The number of halogens is 1. The molecule has 0 unspecified atom stereocenters. The zero-order valence-electron chi connectivity index (χ0n) is 15.4. The summed E-state index contributed by atoms with van der Waals surface area (Å²) in [4.78, 5) is 29.3. The number of carbonyl (C=O) groups excluding carboxylic acids is 2. The molecule has 4 rings (SSSR count). The minimum Gasteiger partial charge on any atom is -0.468 e. The molecule has 0 saturated heterocycles. The third-order valence-corrected chi connectivity index (χ3v) is 5.52. The van der Waals surface area contributed by atoms with Gasteiger partial charge in [0.05, 0.1) is 12.8 Å². The Labute approximate surface area is 175 Å². The highest BCUT2D eigenvalue weighted by atomic mass is 35.5. The van der Waals surface area contributed by atoms with Gasteiger partial charge in [-0.05, 0) is 18.2 Å². The second-order valence-corrected chi connectivity index (χ2v) is 7.49. The number of nitrogens with one attached hydrogen (secondary N) is 1. The molecule has 1 N–H and O–H groups in total. The van der Waals surface area contributed by atoms with Gasteiger partial charge in [0.25, 0.3) is 5.91 Å². The number of anilines is 1. The first-order valence-corrected chi connectivity index (χ1v) is 9.99. The van der Waals surface area contributed by atoms with Crippen LogP contribution < -0.4 is 5.32 Å². The number of para-hydroxylation sites is 1. The summed E-state index contributed by atoms with van der Waals surface area (Å²) in [7, 11) is 1.32. The van der Waals surface area contributed by atoms with Crippen LogP contribution in [0.2, 0.25) is 5.02 Å². The van der Waals surface area contributed by atoms with Crippen LogP contribution in [0.3, 0.4) is 0 Å². The lowest BCUT2D eigenvalue weighted by atomic mass is 10.2. The highest BCUT2D eigenvalue weighted by Gasteiger charge is 2.19. The lowest BCUT2D eigenvalue weighted by Gasteiger charge is -2.09. The summed E-state index contributed by atoms with van der Waals surface area (Å²) in [6.45, 7) is -0.0600. The molecule has 0 aliphatic heterocycles. The van der Waals surface area contributed by atoms with Crippen LogP contribution in [0.5, 0.6) is 0 Å². The monoisotopic (exact) mass is 425 g/mol. The van der Waals surface area contributed by atoms with E-state index in [1.54, 1.807) is 16.7 Å². The Bertz CT molecular complexity index is 1210. The molecule has 146 valence electrons. The highest BCUT2D eigenvalue weighted by Crippen LogP contribution is 2.30. The van der Waals surface area contributed by atoms with Gasteiger partial charge in [-0.15, -0.1) is 11.3 Å². The third kappa shape index (κ3) is 3.87. The first kappa shape index (κ1) is 19.2. The van der Waals surface area contributed by atoms with E-state index in [0.29, 0.717) is 21.5 Å². The maximum atomic E-state index is 12.9. The quantitative estimate of drug-likeness (QED) is 0.464. The van der Waals surface area contributed by atoms with Crippen molar-refractivity contribution >= 4 is 50.8 Å². The minimum absolute atomic E-state index is 0.0600. The van der Waals surface area contributed by atoms with Crippen LogP contribution >= 0.6 is 22.9 Å². The minimum atomic E-state index is -0.435. The number of esters is 1. The number of nitrogens with zero attached hydrogens (tertiary/aromatic N) is 2. The molecule has 0 saturated carbocycles. The van der Waals surface area contributed by atoms with Gasteiger partial charge in [-0.1, -0.05) is 48.0 Å².